The predicted octanol–water partition coefficient (Wildman–Crippen LogP) is 5.41. The molecule has 3 nitrogen and oxygen atoms in total. The Morgan fingerprint density at radius 2 is 1.28 bits per heavy atom. The van der Waals surface area contributed by atoms with E-state index < -0.39 is 0 Å². The Hall–Kier alpha value is -2.65. The molecule has 0 aliphatic rings. The highest BCUT2D eigenvalue weighted by Gasteiger charge is 1.98. The Bertz CT molecular complexity index is 758. The minimum absolute atomic E-state index is 0.506. The summed E-state index contributed by atoms with van der Waals surface area (Å²) >= 11 is 5.89. The second-order valence-corrected chi connectivity index (χ2v) is 5.95. The lowest BCUT2D eigenvalue weighted by Crippen LogP contribution is -2.08. The van der Waals surface area contributed by atoms with Crippen LogP contribution in [0.15, 0.2) is 78.9 Å². The smallest absolute Gasteiger partial charge is 0.122 e. The summed E-state index contributed by atoms with van der Waals surface area (Å²) in [5.74, 6) is 1.68. The van der Waals surface area contributed by atoms with Crippen LogP contribution in [0.4, 0.5) is 5.69 Å². The molecule has 0 atom stereocenters. The maximum atomic E-state index is 5.89. The van der Waals surface area contributed by atoms with Crippen LogP contribution in [0.1, 0.15) is 5.56 Å². The molecule has 3 aromatic rings. The van der Waals surface area contributed by atoms with Crippen LogP contribution in [-0.4, -0.2) is 13.2 Å². The molecule has 0 fully saturated rings. The van der Waals surface area contributed by atoms with Gasteiger partial charge >= 0.3 is 0 Å². The molecule has 0 amide bonds. The third-order valence-electron chi connectivity index (χ3n) is 3.63. The van der Waals surface area contributed by atoms with Gasteiger partial charge in [0.2, 0.25) is 0 Å². The molecule has 128 valence electrons. The van der Waals surface area contributed by atoms with Gasteiger partial charge in [-0.1, -0.05) is 41.9 Å². The first-order valence-corrected chi connectivity index (χ1v) is 8.56. The van der Waals surface area contributed by atoms with Crippen LogP contribution in [-0.2, 0) is 6.54 Å². The average Bonchev–Trinajstić information content (AvgIpc) is 2.67. The molecule has 3 aromatic carbocycles. The van der Waals surface area contributed by atoms with E-state index in [-0.39, 0.29) is 0 Å². The van der Waals surface area contributed by atoms with Gasteiger partial charge < -0.3 is 14.8 Å². The zero-order chi connectivity index (χ0) is 17.3. The van der Waals surface area contributed by atoms with Crippen molar-refractivity contribution in [3.05, 3.63) is 89.4 Å². The molecule has 25 heavy (non-hydrogen) atoms. The Balaban J connectivity index is 1.40. The van der Waals surface area contributed by atoms with Crippen molar-refractivity contribution in [1.82, 2.24) is 0 Å². The van der Waals surface area contributed by atoms with Crippen LogP contribution in [0.5, 0.6) is 11.5 Å². The highest BCUT2D eigenvalue weighted by Crippen LogP contribution is 2.17. The lowest BCUT2D eigenvalue weighted by Gasteiger charge is -2.10. The predicted molar refractivity (Wildman–Crippen MR) is 103 cm³/mol. The van der Waals surface area contributed by atoms with E-state index in [1.807, 2.05) is 78.9 Å². The van der Waals surface area contributed by atoms with Gasteiger partial charge in [0, 0.05) is 17.3 Å². The number of nitrogens with one attached hydrogen (secondary N) is 1. The molecule has 0 aromatic heterocycles. The summed E-state index contributed by atoms with van der Waals surface area (Å²) in [5.41, 5.74) is 2.23. The Labute approximate surface area is 153 Å². The maximum Gasteiger partial charge on any atom is 0.122 e. The lowest BCUT2D eigenvalue weighted by molar-refractivity contribution is 0.217. The summed E-state index contributed by atoms with van der Waals surface area (Å²) in [6.07, 6.45) is 0. The molecule has 0 aliphatic heterocycles. The minimum atomic E-state index is 0.506. The van der Waals surface area contributed by atoms with Gasteiger partial charge in [-0.25, -0.2) is 0 Å². The summed E-state index contributed by atoms with van der Waals surface area (Å²) < 4.78 is 11.3. The number of para-hydroxylation sites is 1. The molecule has 0 heterocycles. The molecule has 0 aliphatic carbocycles. The first-order valence-electron chi connectivity index (χ1n) is 8.19. The summed E-state index contributed by atoms with van der Waals surface area (Å²) in [6.45, 7) is 1.77. The van der Waals surface area contributed by atoms with Gasteiger partial charge in [-0.15, -0.1) is 0 Å². The average molecular weight is 354 g/mol. The molecule has 0 bridgehead atoms. The van der Waals surface area contributed by atoms with Crippen molar-refractivity contribution < 1.29 is 9.47 Å². The molecule has 0 radical (unpaired) electrons. The highest BCUT2D eigenvalue weighted by molar-refractivity contribution is 6.30. The number of hydrogen-bond donors (Lipinski definition) is 1. The standard InChI is InChI=1S/C21H20ClNO2/c22-18-8-6-17(7-9-18)16-23-19-10-12-21(13-11-19)25-15-14-24-20-4-2-1-3-5-20/h1-13,23H,14-16H2. The number of rotatable bonds is 8. The van der Waals surface area contributed by atoms with Crippen LogP contribution in [0, 0.1) is 0 Å². The van der Waals surface area contributed by atoms with Crippen molar-refractivity contribution in [3.8, 4) is 11.5 Å². The molecule has 0 saturated carbocycles. The normalized spacial score (nSPS) is 10.3. The zero-order valence-electron chi connectivity index (χ0n) is 13.8. The molecule has 4 heteroatoms. The van der Waals surface area contributed by atoms with E-state index >= 15 is 0 Å². The van der Waals surface area contributed by atoms with Crippen molar-refractivity contribution in [1.29, 1.82) is 0 Å². The molecular formula is C21H20ClNO2. The van der Waals surface area contributed by atoms with Gasteiger partial charge in [0.05, 0.1) is 0 Å². The Morgan fingerprint density at radius 3 is 1.92 bits per heavy atom. The van der Waals surface area contributed by atoms with E-state index in [4.69, 9.17) is 21.1 Å². The monoisotopic (exact) mass is 353 g/mol. The Kier molecular flexibility index (Phi) is 6.18. The van der Waals surface area contributed by atoms with Gasteiger partial charge in [0.25, 0.3) is 0 Å². The molecular weight excluding hydrogens is 334 g/mol. The molecule has 0 unspecified atom stereocenters. The number of anilines is 1. The van der Waals surface area contributed by atoms with Crippen molar-refractivity contribution in [2.75, 3.05) is 18.5 Å². The van der Waals surface area contributed by atoms with Gasteiger partial charge in [0.15, 0.2) is 0 Å². The second kappa shape index (κ2) is 9.00. The zero-order valence-corrected chi connectivity index (χ0v) is 14.6. The molecule has 0 spiro atoms. The van der Waals surface area contributed by atoms with Crippen LogP contribution in [0.3, 0.4) is 0 Å². The van der Waals surface area contributed by atoms with Crippen LogP contribution in [0.25, 0.3) is 0 Å². The topological polar surface area (TPSA) is 30.5 Å². The van der Waals surface area contributed by atoms with E-state index in [1.165, 1.54) is 5.56 Å². The first-order chi connectivity index (χ1) is 12.3. The van der Waals surface area contributed by atoms with E-state index in [0.717, 1.165) is 28.8 Å². The van der Waals surface area contributed by atoms with Gasteiger partial charge in [0.1, 0.15) is 24.7 Å². The quantitative estimate of drug-likeness (QED) is 0.549. The molecule has 1 N–H and O–H groups in total. The largest absolute Gasteiger partial charge is 0.490 e. The van der Waals surface area contributed by atoms with Crippen molar-refractivity contribution in [3.63, 3.8) is 0 Å². The van der Waals surface area contributed by atoms with Crippen LogP contribution in [0.2, 0.25) is 5.02 Å². The number of halogens is 1. The third kappa shape index (κ3) is 5.73. The van der Waals surface area contributed by atoms with Crippen LogP contribution < -0.4 is 14.8 Å². The molecule has 3 rings (SSSR count). The van der Waals surface area contributed by atoms with Crippen molar-refractivity contribution in [2.24, 2.45) is 0 Å². The van der Waals surface area contributed by atoms with Crippen molar-refractivity contribution in [2.45, 2.75) is 6.54 Å². The van der Waals surface area contributed by atoms with Crippen molar-refractivity contribution >= 4 is 17.3 Å². The van der Waals surface area contributed by atoms with Gasteiger partial charge in [-0.05, 0) is 54.1 Å². The van der Waals surface area contributed by atoms with E-state index in [2.05, 4.69) is 5.32 Å². The van der Waals surface area contributed by atoms with Gasteiger partial charge in [-0.3, -0.25) is 0 Å². The first kappa shape index (κ1) is 17.2. The fourth-order valence-electron chi connectivity index (χ4n) is 2.31. The SMILES string of the molecule is Clc1ccc(CNc2ccc(OCCOc3ccccc3)cc2)cc1. The van der Waals surface area contributed by atoms with E-state index in [1.54, 1.807) is 0 Å². The third-order valence-corrected chi connectivity index (χ3v) is 3.88. The number of benzene rings is 3. The summed E-state index contributed by atoms with van der Waals surface area (Å²) in [7, 11) is 0. The fourth-order valence-corrected chi connectivity index (χ4v) is 2.44. The Morgan fingerprint density at radius 1 is 0.680 bits per heavy atom. The highest BCUT2D eigenvalue weighted by atomic mass is 35.5. The number of ether oxygens (including phenoxy) is 2. The van der Waals surface area contributed by atoms with Crippen LogP contribution >= 0.6 is 11.6 Å². The fraction of sp³-hybridized carbons (Fsp3) is 0.143. The van der Waals surface area contributed by atoms with E-state index in [9.17, 15) is 0 Å². The van der Waals surface area contributed by atoms with E-state index in [0.29, 0.717) is 13.2 Å². The number of hydrogen-bond acceptors (Lipinski definition) is 3. The molecule has 0 saturated heterocycles. The lowest BCUT2D eigenvalue weighted by atomic mass is 10.2. The summed E-state index contributed by atoms with van der Waals surface area (Å²) in [6, 6.07) is 25.5. The second-order valence-electron chi connectivity index (χ2n) is 5.51. The summed E-state index contributed by atoms with van der Waals surface area (Å²) in [4.78, 5) is 0. The van der Waals surface area contributed by atoms with Gasteiger partial charge in [-0.2, -0.15) is 0 Å². The minimum Gasteiger partial charge on any atom is -0.490 e. The summed E-state index contributed by atoms with van der Waals surface area (Å²) in [5, 5.41) is 4.12. The maximum absolute atomic E-state index is 5.89.